The van der Waals surface area contributed by atoms with Crippen LogP contribution < -0.4 is 4.72 Å². The molecule has 158 valence electrons. The van der Waals surface area contributed by atoms with E-state index in [0.29, 0.717) is 27.8 Å². The van der Waals surface area contributed by atoms with Crippen LogP contribution in [0.4, 0.5) is 5.69 Å². The third-order valence-electron chi connectivity index (χ3n) is 5.01. The molecule has 0 spiro atoms. The van der Waals surface area contributed by atoms with E-state index in [9.17, 15) is 13.2 Å². The molecule has 2 N–H and O–H groups in total. The highest BCUT2D eigenvalue weighted by molar-refractivity contribution is 7.93. The molecule has 0 aromatic heterocycles. The number of benzene rings is 4. The van der Waals surface area contributed by atoms with Crippen LogP contribution in [0.5, 0.6) is 0 Å². The van der Waals surface area contributed by atoms with Crippen molar-refractivity contribution in [2.45, 2.75) is 11.8 Å². The second-order valence-electron chi connectivity index (χ2n) is 7.21. The van der Waals surface area contributed by atoms with E-state index < -0.39 is 16.0 Å². The van der Waals surface area contributed by atoms with Gasteiger partial charge in [-0.15, -0.1) is 0 Å². The first kappa shape index (κ1) is 21.2. The number of fused-ring (bicyclic) bond motifs is 1. The lowest BCUT2D eigenvalue weighted by Crippen LogP contribution is -2.14. The van der Waals surface area contributed by atoms with Crippen molar-refractivity contribution in [3.63, 3.8) is 0 Å². The Kier molecular flexibility index (Phi) is 5.67. The summed E-state index contributed by atoms with van der Waals surface area (Å²) in [4.78, 5) is 11.4. The van der Waals surface area contributed by atoms with Crippen LogP contribution in [0, 0.1) is 18.8 Å². The molecule has 5 nitrogen and oxygen atoms in total. The van der Waals surface area contributed by atoms with Crippen molar-refractivity contribution in [2.75, 3.05) is 4.72 Å². The maximum Gasteiger partial charge on any atom is 0.335 e. The Labute approximate surface area is 186 Å². The fraction of sp³-hybridized carbons (Fsp3) is 0.0385. The van der Waals surface area contributed by atoms with Gasteiger partial charge in [0.25, 0.3) is 10.0 Å². The van der Waals surface area contributed by atoms with E-state index in [1.807, 2.05) is 18.2 Å². The molecule has 0 radical (unpaired) electrons. The van der Waals surface area contributed by atoms with Crippen molar-refractivity contribution in [1.29, 1.82) is 0 Å². The van der Waals surface area contributed by atoms with Crippen LogP contribution in [0.3, 0.4) is 0 Å². The summed E-state index contributed by atoms with van der Waals surface area (Å²) in [5.41, 5.74) is 2.34. The molecule has 0 aliphatic rings. The largest absolute Gasteiger partial charge is 0.478 e. The van der Waals surface area contributed by atoms with Crippen LogP contribution >= 0.6 is 0 Å². The van der Waals surface area contributed by atoms with Crippen molar-refractivity contribution >= 4 is 32.5 Å². The Balaban J connectivity index is 1.69. The first-order chi connectivity index (χ1) is 15.3. The molecule has 0 unspecified atom stereocenters. The Morgan fingerprint density at radius 2 is 1.59 bits per heavy atom. The molecule has 6 heteroatoms. The number of aromatic carboxylic acids is 1. The number of carboxylic acids is 1. The lowest BCUT2D eigenvalue weighted by molar-refractivity contribution is 0.0696. The number of sulfonamides is 1. The zero-order chi connectivity index (χ0) is 22.7. The molecule has 4 aromatic rings. The number of aryl methyl sites for hydroxylation is 1. The van der Waals surface area contributed by atoms with Gasteiger partial charge in [0, 0.05) is 16.5 Å². The van der Waals surface area contributed by atoms with Crippen LogP contribution in [0.25, 0.3) is 10.8 Å². The van der Waals surface area contributed by atoms with E-state index in [2.05, 4.69) is 16.6 Å². The molecule has 0 bridgehead atoms. The molecule has 0 fully saturated rings. The normalized spacial score (nSPS) is 10.9. The van der Waals surface area contributed by atoms with Gasteiger partial charge in [0.1, 0.15) is 0 Å². The number of carbonyl (C=O) groups is 1. The molecule has 0 saturated carbocycles. The van der Waals surface area contributed by atoms with Crippen molar-refractivity contribution < 1.29 is 18.3 Å². The van der Waals surface area contributed by atoms with Gasteiger partial charge < -0.3 is 5.11 Å². The lowest BCUT2D eigenvalue weighted by Gasteiger charge is -2.12. The van der Waals surface area contributed by atoms with E-state index >= 15 is 0 Å². The molecular weight excluding hydrogens is 422 g/mol. The molecule has 32 heavy (non-hydrogen) atoms. The summed E-state index contributed by atoms with van der Waals surface area (Å²) in [6.45, 7) is 1.71. The number of para-hydroxylation sites is 1. The average Bonchev–Trinajstić information content (AvgIpc) is 2.77. The zero-order valence-corrected chi connectivity index (χ0v) is 18.0. The molecular formula is C26H19NO4S. The fourth-order valence-corrected chi connectivity index (χ4v) is 4.74. The van der Waals surface area contributed by atoms with Gasteiger partial charge in [-0.05, 0) is 54.3 Å². The van der Waals surface area contributed by atoms with E-state index in [4.69, 9.17) is 5.11 Å². The Bertz CT molecular complexity index is 1510. The number of rotatable bonds is 4. The smallest absolute Gasteiger partial charge is 0.335 e. The highest BCUT2D eigenvalue weighted by atomic mass is 32.2. The number of hydrogen-bond acceptors (Lipinski definition) is 3. The summed E-state index contributed by atoms with van der Waals surface area (Å²) in [7, 11) is -3.85. The van der Waals surface area contributed by atoms with Crippen molar-refractivity contribution in [3.8, 4) is 11.8 Å². The van der Waals surface area contributed by atoms with Crippen LogP contribution in [-0.4, -0.2) is 19.5 Å². The van der Waals surface area contributed by atoms with Crippen LogP contribution in [0.2, 0.25) is 0 Å². The Morgan fingerprint density at radius 3 is 2.38 bits per heavy atom. The molecule has 0 saturated heterocycles. The molecule has 0 aliphatic heterocycles. The topological polar surface area (TPSA) is 83.5 Å². The quantitative estimate of drug-likeness (QED) is 0.434. The number of nitrogens with one attached hydrogen (secondary N) is 1. The zero-order valence-electron chi connectivity index (χ0n) is 17.2. The first-order valence-corrected chi connectivity index (χ1v) is 11.3. The third-order valence-corrected chi connectivity index (χ3v) is 6.43. The standard InChI is InChI=1S/C26H19NO4S/c1-18-17-19(14-16-22(18)26(28)29)13-15-21-8-3-5-11-24(21)27-32(30,31)25-12-6-9-20-7-2-4-10-23(20)25/h2-12,14,16-17,27H,1H3,(H,28,29). The summed E-state index contributed by atoms with van der Waals surface area (Å²) >= 11 is 0. The molecule has 0 amide bonds. The summed E-state index contributed by atoms with van der Waals surface area (Å²) < 4.78 is 29.0. The van der Waals surface area contributed by atoms with Gasteiger partial charge in [0.05, 0.1) is 16.1 Å². The van der Waals surface area contributed by atoms with Crippen LogP contribution in [0.1, 0.15) is 27.0 Å². The predicted octanol–water partition coefficient (Wildman–Crippen LogP) is 5.05. The number of carboxylic acid groups (broad SMARTS) is 1. The molecule has 4 rings (SSSR count). The van der Waals surface area contributed by atoms with E-state index in [1.165, 1.54) is 6.07 Å². The first-order valence-electron chi connectivity index (χ1n) is 9.81. The minimum Gasteiger partial charge on any atom is -0.478 e. The summed E-state index contributed by atoms with van der Waals surface area (Å²) in [6, 6.07) is 24.2. The van der Waals surface area contributed by atoms with Gasteiger partial charge in [-0.3, -0.25) is 4.72 Å². The third kappa shape index (κ3) is 4.34. The highest BCUT2D eigenvalue weighted by Crippen LogP contribution is 2.26. The number of anilines is 1. The van der Waals surface area contributed by atoms with E-state index in [1.54, 1.807) is 67.6 Å². The van der Waals surface area contributed by atoms with E-state index in [0.717, 1.165) is 5.39 Å². The molecule has 0 atom stereocenters. The van der Waals surface area contributed by atoms with E-state index in [-0.39, 0.29) is 10.5 Å². The summed E-state index contributed by atoms with van der Waals surface area (Å²) in [5, 5.41) is 10.6. The summed E-state index contributed by atoms with van der Waals surface area (Å²) in [6.07, 6.45) is 0. The molecule has 0 heterocycles. The van der Waals surface area contributed by atoms with Gasteiger partial charge >= 0.3 is 5.97 Å². The van der Waals surface area contributed by atoms with Gasteiger partial charge in [-0.2, -0.15) is 0 Å². The van der Waals surface area contributed by atoms with Gasteiger partial charge in [0.2, 0.25) is 0 Å². The fourth-order valence-electron chi connectivity index (χ4n) is 3.43. The second-order valence-corrected chi connectivity index (χ2v) is 8.86. The average molecular weight is 442 g/mol. The molecule has 4 aromatic carbocycles. The monoisotopic (exact) mass is 441 g/mol. The van der Waals surface area contributed by atoms with Crippen molar-refractivity contribution in [3.05, 3.63) is 107 Å². The Hall–Kier alpha value is -4.08. The van der Waals surface area contributed by atoms with Gasteiger partial charge in [-0.1, -0.05) is 60.4 Å². The number of hydrogen-bond donors (Lipinski definition) is 2. The van der Waals surface area contributed by atoms with Crippen LogP contribution in [-0.2, 0) is 10.0 Å². The summed E-state index contributed by atoms with van der Waals surface area (Å²) in [5.74, 6) is 4.99. The van der Waals surface area contributed by atoms with Gasteiger partial charge in [-0.25, -0.2) is 13.2 Å². The van der Waals surface area contributed by atoms with Crippen molar-refractivity contribution in [2.24, 2.45) is 0 Å². The van der Waals surface area contributed by atoms with Gasteiger partial charge in [0.15, 0.2) is 0 Å². The maximum absolute atomic E-state index is 13.2. The van der Waals surface area contributed by atoms with Crippen LogP contribution in [0.15, 0.2) is 89.8 Å². The minimum absolute atomic E-state index is 0.193. The highest BCUT2D eigenvalue weighted by Gasteiger charge is 2.18. The SMILES string of the molecule is Cc1cc(C#Cc2ccccc2NS(=O)(=O)c2cccc3ccccc23)ccc1C(=O)O. The minimum atomic E-state index is -3.85. The molecule has 0 aliphatic carbocycles. The second kappa shape index (κ2) is 8.58. The maximum atomic E-state index is 13.2. The van der Waals surface area contributed by atoms with Crippen molar-refractivity contribution in [1.82, 2.24) is 0 Å². The predicted molar refractivity (Wildman–Crippen MR) is 125 cm³/mol. The Morgan fingerprint density at radius 1 is 0.875 bits per heavy atom. The lowest BCUT2D eigenvalue weighted by atomic mass is 10.0.